The Morgan fingerprint density at radius 3 is 1.82 bits per heavy atom. The summed E-state index contributed by atoms with van der Waals surface area (Å²) in [5, 5.41) is 3.11. The number of hydrogen-bond donors (Lipinski definition) is 1. The van der Waals surface area contributed by atoms with Crippen molar-refractivity contribution in [3.8, 4) is 17.2 Å². The van der Waals surface area contributed by atoms with Crippen molar-refractivity contribution in [3.63, 3.8) is 0 Å². The molecule has 0 fully saturated rings. The maximum absolute atomic E-state index is 12.9. The molecule has 0 aliphatic rings. The lowest BCUT2D eigenvalue weighted by molar-refractivity contribution is 0.0942. The molecule has 5 nitrogen and oxygen atoms in total. The molecule has 3 aromatic rings. The van der Waals surface area contributed by atoms with Crippen LogP contribution in [0.15, 0.2) is 72.8 Å². The fourth-order valence-electron chi connectivity index (χ4n) is 3.09. The molecule has 0 saturated carbocycles. The highest BCUT2D eigenvalue weighted by Gasteiger charge is 2.26. The number of rotatable bonds is 7. The van der Waals surface area contributed by atoms with Crippen molar-refractivity contribution < 1.29 is 19.0 Å². The van der Waals surface area contributed by atoms with Crippen LogP contribution in [0.25, 0.3) is 0 Å². The summed E-state index contributed by atoms with van der Waals surface area (Å²) < 4.78 is 16.6. The van der Waals surface area contributed by atoms with E-state index in [9.17, 15) is 4.79 Å². The fourth-order valence-corrected chi connectivity index (χ4v) is 3.09. The minimum absolute atomic E-state index is 0.186. The van der Waals surface area contributed by atoms with Crippen LogP contribution in [-0.2, 0) is 0 Å². The molecule has 144 valence electrons. The van der Waals surface area contributed by atoms with Crippen LogP contribution >= 0.6 is 0 Å². The molecular weight excluding hydrogens is 354 g/mol. The number of hydrogen-bond acceptors (Lipinski definition) is 4. The van der Waals surface area contributed by atoms with E-state index in [1.165, 1.54) is 0 Å². The molecule has 1 atom stereocenters. The third-order valence-electron chi connectivity index (χ3n) is 4.49. The van der Waals surface area contributed by atoms with Gasteiger partial charge in [0.1, 0.15) is 17.2 Å². The monoisotopic (exact) mass is 377 g/mol. The zero-order chi connectivity index (χ0) is 19.9. The van der Waals surface area contributed by atoms with Gasteiger partial charge in [-0.2, -0.15) is 0 Å². The van der Waals surface area contributed by atoms with Crippen molar-refractivity contribution >= 4 is 5.91 Å². The van der Waals surface area contributed by atoms with Gasteiger partial charge >= 0.3 is 0 Å². The molecule has 0 bridgehead atoms. The smallest absolute Gasteiger partial charge is 0.252 e. The molecule has 0 aliphatic carbocycles. The van der Waals surface area contributed by atoms with Crippen molar-refractivity contribution in [2.75, 3.05) is 21.3 Å². The van der Waals surface area contributed by atoms with E-state index in [0.717, 1.165) is 11.1 Å². The van der Waals surface area contributed by atoms with Gasteiger partial charge in [-0.1, -0.05) is 48.5 Å². The van der Waals surface area contributed by atoms with Crippen molar-refractivity contribution in [1.82, 2.24) is 5.32 Å². The second kappa shape index (κ2) is 8.95. The van der Waals surface area contributed by atoms with E-state index < -0.39 is 6.04 Å². The zero-order valence-electron chi connectivity index (χ0n) is 16.1. The molecule has 3 rings (SSSR count). The summed E-state index contributed by atoms with van der Waals surface area (Å²) >= 11 is 0. The molecule has 5 heteroatoms. The van der Waals surface area contributed by atoms with Gasteiger partial charge in [0.2, 0.25) is 0 Å². The number of carbonyl (C=O) groups is 1. The zero-order valence-corrected chi connectivity index (χ0v) is 16.1. The Labute approximate surface area is 164 Å². The summed E-state index contributed by atoms with van der Waals surface area (Å²) in [4.78, 5) is 12.9. The third-order valence-corrected chi connectivity index (χ3v) is 4.49. The molecule has 28 heavy (non-hydrogen) atoms. The average molecular weight is 377 g/mol. The van der Waals surface area contributed by atoms with E-state index in [4.69, 9.17) is 14.2 Å². The molecule has 0 aromatic heterocycles. The molecule has 0 radical (unpaired) electrons. The van der Waals surface area contributed by atoms with E-state index in [2.05, 4.69) is 5.32 Å². The predicted molar refractivity (Wildman–Crippen MR) is 108 cm³/mol. The van der Waals surface area contributed by atoms with E-state index in [0.29, 0.717) is 22.8 Å². The van der Waals surface area contributed by atoms with Crippen LogP contribution in [0.1, 0.15) is 27.5 Å². The lowest BCUT2D eigenvalue weighted by Gasteiger charge is -2.24. The molecule has 3 aromatic carbocycles. The topological polar surface area (TPSA) is 56.8 Å². The first-order chi connectivity index (χ1) is 13.7. The predicted octanol–water partition coefficient (Wildman–Crippen LogP) is 4.23. The van der Waals surface area contributed by atoms with Gasteiger partial charge in [-0.25, -0.2) is 0 Å². The molecule has 0 heterocycles. The lowest BCUT2D eigenvalue weighted by atomic mass is 9.96. The Balaban J connectivity index is 2.11. The first kappa shape index (κ1) is 19.3. The molecule has 1 unspecified atom stereocenters. The molecule has 1 N–H and O–H groups in total. The minimum Gasteiger partial charge on any atom is -0.496 e. The first-order valence-corrected chi connectivity index (χ1v) is 8.88. The first-order valence-electron chi connectivity index (χ1n) is 8.88. The van der Waals surface area contributed by atoms with Gasteiger partial charge in [0.25, 0.3) is 5.91 Å². The van der Waals surface area contributed by atoms with E-state index in [-0.39, 0.29) is 5.91 Å². The number of benzene rings is 3. The van der Waals surface area contributed by atoms with E-state index in [1.807, 2.05) is 48.5 Å². The number of methoxy groups -OCH3 is 3. The van der Waals surface area contributed by atoms with Crippen LogP contribution in [0.3, 0.4) is 0 Å². The second-order valence-electron chi connectivity index (χ2n) is 6.13. The number of amides is 1. The Hall–Kier alpha value is -3.47. The van der Waals surface area contributed by atoms with Crippen molar-refractivity contribution in [2.24, 2.45) is 0 Å². The Kier molecular flexibility index (Phi) is 6.17. The van der Waals surface area contributed by atoms with Crippen LogP contribution in [0.4, 0.5) is 0 Å². The molecule has 0 spiro atoms. The molecular formula is C23H23NO4. The Morgan fingerprint density at radius 1 is 0.786 bits per heavy atom. The standard InChI is InChI=1S/C23H23NO4/c1-26-18-14-19(27-2)21(20(15-18)28-3)22(16-10-6-4-7-11-16)24-23(25)17-12-8-5-9-13-17/h4-15,22H,1-3H3,(H,24,25). The van der Waals surface area contributed by atoms with Gasteiger partial charge < -0.3 is 19.5 Å². The van der Waals surface area contributed by atoms with Crippen molar-refractivity contribution in [1.29, 1.82) is 0 Å². The Bertz CT molecular complexity index is 901. The Morgan fingerprint density at radius 2 is 1.32 bits per heavy atom. The SMILES string of the molecule is COc1cc(OC)c(C(NC(=O)c2ccccc2)c2ccccc2)c(OC)c1. The van der Waals surface area contributed by atoms with Gasteiger partial charge in [0.15, 0.2) is 0 Å². The number of ether oxygens (including phenoxy) is 3. The van der Waals surface area contributed by atoms with Gasteiger partial charge in [0.05, 0.1) is 32.9 Å². The van der Waals surface area contributed by atoms with E-state index in [1.54, 1.807) is 45.6 Å². The number of carbonyl (C=O) groups excluding carboxylic acids is 1. The van der Waals surface area contributed by atoms with E-state index >= 15 is 0 Å². The second-order valence-corrected chi connectivity index (χ2v) is 6.13. The lowest BCUT2D eigenvalue weighted by Crippen LogP contribution is -2.30. The molecule has 0 aliphatic heterocycles. The highest BCUT2D eigenvalue weighted by molar-refractivity contribution is 5.94. The van der Waals surface area contributed by atoms with Crippen LogP contribution in [-0.4, -0.2) is 27.2 Å². The van der Waals surface area contributed by atoms with Crippen molar-refractivity contribution in [2.45, 2.75) is 6.04 Å². The number of nitrogens with one attached hydrogen (secondary N) is 1. The summed E-state index contributed by atoms with van der Waals surface area (Å²) in [6.45, 7) is 0. The minimum atomic E-state index is -0.468. The normalized spacial score (nSPS) is 11.4. The third kappa shape index (κ3) is 4.09. The van der Waals surface area contributed by atoms with Gasteiger partial charge in [-0.15, -0.1) is 0 Å². The maximum atomic E-state index is 12.9. The van der Waals surface area contributed by atoms with Crippen LogP contribution < -0.4 is 19.5 Å². The summed E-state index contributed by atoms with van der Waals surface area (Å²) in [6, 6.07) is 21.9. The average Bonchev–Trinajstić information content (AvgIpc) is 2.77. The van der Waals surface area contributed by atoms with Gasteiger partial charge in [-0.05, 0) is 17.7 Å². The molecule has 0 saturated heterocycles. The highest BCUT2D eigenvalue weighted by atomic mass is 16.5. The van der Waals surface area contributed by atoms with Crippen molar-refractivity contribution in [3.05, 3.63) is 89.5 Å². The maximum Gasteiger partial charge on any atom is 0.252 e. The highest BCUT2D eigenvalue weighted by Crippen LogP contribution is 2.40. The largest absolute Gasteiger partial charge is 0.496 e. The van der Waals surface area contributed by atoms with Gasteiger partial charge in [-0.3, -0.25) is 4.79 Å². The summed E-state index contributed by atoms with van der Waals surface area (Å²) in [5.74, 6) is 1.56. The summed E-state index contributed by atoms with van der Waals surface area (Å²) in [5.41, 5.74) is 2.21. The van der Waals surface area contributed by atoms with Crippen LogP contribution in [0.5, 0.6) is 17.2 Å². The summed E-state index contributed by atoms with van der Waals surface area (Å²) in [6.07, 6.45) is 0. The fraction of sp³-hybridized carbons (Fsp3) is 0.174. The van der Waals surface area contributed by atoms with Gasteiger partial charge in [0, 0.05) is 17.7 Å². The molecule has 1 amide bonds. The quantitative estimate of drug-likeness (QED) is 0.669. The summed E-state index contributed by atoms with van der Waals surface area (Å²) in [7, 11) is 4.75. The van der Waals surface area contributed by atoms with Crippen LogP contribution in [0, 0.1) is 0 Å². The van der Waals surface area contributed by atoms with Crippen LogP contribution in [0.2, 0.25) is 0 Å².